The zero-order chi connectivity index (χ0) is 7.82. The van der Waals surface area contributed by atoms with Gasteiger partial charge >= 0.3 is 0 Å². The monoisotopic (exact) mass is 143 g/mol. The van der Waals surface area contributed by atoms with Gasteiger partial charge in [0, 0.05) is 0 Å². The quantitative estimate of drug-likeness (QED) is 0.640. The Kier molecular flexibility index (Phi) is 7.04. The molecule has 1 aliphatic rings. The van der Waals surface area contributed by atoms with Crippen molar-refractivity contribution >= 4 is 0 Å². The molecule has 0 aliphatic heterocycles. The van der Waals surface area contributed by atoms with Crippen LogP contribution in [0, 0.1) is 5.92 Å². The summed E-state index contributed by atoms with van der Waals surface area (Å²) in [7, 11) is 0. The van der Waals surface area contributed by atoms with Crippen LogP contribution in [0.2, 0.25) is 0 Å². The molecule has 1 nitrogen and oxygen atoms in total. The average Bonchev–Trinajstić information content (AvgIpc) is 2.72. The molecule has 0 heterocycles. The normalized spacial score (nSPS) is 15.9. The molecular weight excluding hydrogens is 122 g/mol. The topological polar surface area (TPSA) is 12.0 Å². The standard InChI is InChI=1S/C5H10.C4H11N/c1-2-5-3-4-5;1-3-5-4-2/h5H,2-4H2,1H3;5H,3-4H2,1-2H3. The molecule has 0 amide bonds. The Labute approximate surface area is 65.2 Å². The van der Waals surface area contributed by atoms with Gasteiger partial charge in [0.1, 0.15) is 0 Å². The Morgan fingerprint density at radius 3 is 1.60 bits per heavy atom. The molecule has 0 aromatic heterocycles. The zero-order valence-electron chi connectivity index (χ0n) is 7.61. The van der Waals surface area contributed by atoms with Crippen molar-refractivity contribution in [1.29, 1.82) is 0 Å². The molecule has 0 atom stereocenters. The van der Waals surface area contributed by atoms with Crippen molar-refractivity contribution in [1.82, 2.24) is 5.32 Å². The van der Waals surface area contributed by atoms with Gasteiger partial charge in [-0.3, -0.25) is 0 Å². The smallest absolute Gasteiger partial charge is 0.00775 e. The molecule has 0 aromatic carbocycles. The van der Waals surface area contributed by atoms with Crippen LogP contribution in [0.1, 0.15) is 40.0 Å². The molecule has 0 spiro atoms. The van der Waals surface area contributed by atoms with Gasteiger partial charge in [0.2, 0.25) is 0 Å². The third-order valence-electron chi connectivity index (χ3n) is 1.77. The Bertz CT molecular complexity index is 55.7. The molecule has 1 fully saturated rings. The van der Waals surface area contributed by atoms with Crippen molar-refractivity contribution in [2.45, 2.75) is 40.0 Å². The highest BCUT2D eigenvalue weighted by Crippen LogP contribution is 2.31. The third kappa shape index (κ3) is 7.96. The van der Waals surface area contributed by atoms with Crippen LogP contribution in [0.4, 0.5) is 0 Å². The van der Waals surface area contributed by atoms with Gasteiger partial charge in [-0.25, -0.2) is 0 Å². The van der Waals surface area contributed by atoms with E-state index in [1.165, 1.54) is 19.3 Å². The van der Waals surface area contributed by atoms with E-state index >= 15 is 0 Å². The molecular formula is C9H21N. The lowest BCUT2D eigenvalue weighted by atomic mass is 10.3. The highest BCUT2D eigenvalue weighted by atomic mass is 14.8. The Hall–Kier alpha value is -0.0400. The van der Waals surface area contributed by atoms with E-state index in [1.54, 1.807) is 0 Å². The van der Waals surface area contributed by atoms with Gasteiger partial charge in [-0.1, -0.05) is 40.0 Å². The Morgan fingerprint density at radius 1 is 1.10 bits per heavy atom. The Morgan fingerprint density at radius 2 is 1.60 bits per heavy atom. The van der Waals surface area contributed by atoms with Crippen molar-refractivity contribution < 1.29 is 0 Å². The molecule has 0 bridgehead atoms. The second-order valence-electron chi connectivity index (χ2n) is 2.81. The molecule has 1 saturated carbocycles. The lowest BCUT2D eigenvalue weighted by molar-refractivity contribution is 0.762. The molecule has 1 heteroatoms. The van der Waals surface area contributed by atoms with Crippen LogP contribution in [-0.2, 0) is 0 Å². The molecule has 1 N–H and O–H groups in total. The number of hydrogen-bond donors (Lipinski definition) is 1. The van der Waals surface area contributed by atoms with Gasteiger partial charge in [-0.2, -0.15) is 0 Å². The fourth-order valence-electron chi connectivity index (χ4n) is 0.776. The van der Waals surface area contributed by atoms with Crippen LogP contribution in [0.5, 0.6) is 0 Å². The molecule has 0 radical (unpaired) electrons. The minimum atomic E-state index is 1.09. The zero-order valence-corrected chi connectivity index (χ0v) is 7.61. The van der Waals surface area contributed by atoms with Gasteiger partial charge in [0.05, 0.1) is 0 Å². The van der Waals surface area contributed by atoms with Gasteiger partial charge < -0.3 is 5.32 Å². The van der Waals surface area contributed by atoms with E-state index in [1.807, 2.05) is 0 Å². The third-order valence-corrected chi connectivity index (χ3v) is 1.77. The second kappa shape index (κ2) is 7.07. The summed E-state index contributed by atoms with van der Waals surface area (Å²) >= 11 is 0. The maximum absolute atomic E-state index is 3.11. The molecule has 1 rings (SSSR count). The fraction of sp³-hybridized carbons (Fsp3) is 1.00. The lowest BCUT2D eigenvalue weighted by Gasteiger charge is -1.86. The van der Waals surface area contributed by atoms with Crippen LogP contribution >= 0.6 is 0 Å². The minimum Gasteiger partial charge on any atom is -0.317 e. The first-order valence-electron chi connectivity index (χ1n) is 4.55. The van der Waals surface area contributed by atoms with E-state index in [9.17, 15) is 0 Å². The lowest BCUT2D eigenvalue weighted by Crippen LogP contribution is -2.09. The Balaban J connectivity index is 0.000000162. The van der Waals surface area contributed by atoms with Gasteiger partial charge in [-0.15, -0.1) is 0 Å². The highest BCUT2D eigenvalue weighted by molar-refractivity contribution is 4.69. The van der Waals surface area contributed by atoms with Crippen molar-refractivity contribution in [3.63, 3.8) is 0 Å². The van der Waals surface area contributed by atoms with E-state index in [-0.39, 0.29) is 0 Å². The highest BCUT2D eigenvalue weighted by Gasteiger charge is 2.17. The van der Waals surface area contributed by atoms with Crippen molar-refractivity contribution in [2.75, 3.05) is 13.1 Å². The molecule has 0 unspecified atom stereocenters. The molecule has 1 aliphatic carbocycles. The summed E-state index contributed by atoms with van der Waals surface area (Å²) in [6.45, 7) is 8.65. The van der Waals surface area contributed by atoms with Crippen molar-refractivity contribution in [2.24, 2.45) is 5.92 Å². The summed E-state index contributed by atoms with van der Waals surface area (Å²) in [5, 5.41) is 3.11. The predicted molar refractivity (Wildman–Crippen MR) is 47.2 cm³/mol. The first-order chi connectivity index (χ1) is 4.85. The SMILES string of the molecule is CCC1CC1.CCNCC. The molecule has 10 heavy (non-hydrogen) atoms. The van der Waals surface area contributed by atoms with Crippen molar-refractivity contribution in [3.8, 4) is 0 Å². The maximum Gasteiger partial charge on any atom is -0.00775 e. The summed E-state index contributed by atoms with van der Waals surface area (Å²) in [5.74, 6) is 1.13. The number of rotatable bonds is 3. The average molecular weight is 143 g/mol. The van der Waals surface area contributed by atoms with Gasteiger partial charge in [0.15, 0.2) is 0 Å². The van der Waals surface area contributed by atoms with Crippen LogP contribution in [0.25, 0.3) is 0 Å². The molecule has 0 aromatic rings. The second-order valence-corrected chi connectivity index (χ2v) is 2.81. The van der Waals surface area contributed by atoms with Crippen LogP contribution in [0.3, 0.4) is 0 Å². The summed E-state index contributed by atoms with van der Waals surface area (Å²) in [6.07, 6.45) is 4.44. The van der Waals surface area contributed by atoms with E-state index in [0.29, 0.717) is 0 Å². The van der Waals surface area contributed by atoms with E-state index in [2.05, 4.69) is 26.1 Å². The van der Waals surface area contributed by atoms with E-state index in [4.69, 9.17) is 0 Å². The maximum atomic E-state index is 3.11. The molecule has 62 valence electrons. The number of hydrogen-bond acceptors (Lipinski definition) is 1. The first kappa shape index (κ1) is 9.96. The predicted octanol–water partition coefficient (Wildman–Crippen LogP) is 2.42. The summed E-state index contributed by atoms with van der Waals surface area (Å²) in [4.78, 5) is 0. The van der Waals surface area contributed by atoms with Crippen LogP contribution in [-0.4, -0.2) is 13.1 Å². The fourth-order valence-corrected chi connectivity index (χ4v) is 0.776. The van der Waals surface area contributed by atoms with Crippen LogP contribution in [0.15, 0.2) is 0 Å². The van der Waals surface area contributed by atoms with Gasteiger partial charge in [-0.05, 0) is 19.0 Å². The summed E-state index contributed by atoms with van der Waals surface area (Å²) in [6, 6.07) is 0. The van der Waals surface area contributed by atoms with Crippen LogP contribution < -0.4 is 5.32 Å². The van der Waals surface area contributed by atoms with E-state index in [0.717, 1.165) is 19.0 Å². The van der Waals surface area contributed by atoms with E-state index < -0.39 is 0 Å². The number of nitrogens with one attached hydrogen (secondary N) is 1. The summed E-state index contributed by atoms with van der Waals surface area (Å²) in [5.41, 5.74) is 0. The molecule has 0 saturated heterocycles. The van der Waals surface area contributed by atoms with Crippen molar-refractivity contribution in [3.05, 3.63) is 0 Å². The summed E-state index contributed by atoms with van der Waals surface area (Å²) < 4.78 is 0. The van der Waals surface area contributed by atoms with Gasteiger partial charge in [0.25, 0.3) is 0 Å². The first-order valence-corrected chi connectivity index (χ1v) is 4.55. The minimum absolute atomic E-state index is 1.09. The largest absolute Gasteiger partial charge is 0.317 e.